The van der Waals surface area contributed by atoms with E-state index in [0.29, 0.717) is 19.3 Å². The molecule has 1 saturated heterocycles. The summed E-state index contributed by atoms with van der Waals surface area (Å²) in [5.74, 6) is -0.876. The van der Waals surface area contributed by atoms with Crippen LogP contribution in [0.4, 0.5) is 0 Å². The van der Waals surface area contributed by atoms with Crippen LogP contribution in [0.5, 0.6) is 0 Å². The summed E-state index contributed by atoms with van der Waals surface area (Å²) in [7, 11) is -3.69. The number of carbonyl (C=O) groups excluding carboxylic acids is 2. The molecule has 2 N–H and O–H groups in total. The molecule has 8 nitrogen and oxygen atoms in total. The van der Waals surface area contributed by atoms with E-state index in [1.54, 1.807) is 6.08 Å². The summed E-state index contributed by atoms with van der Waals surface area (Å²) in [6.45, 7) is 3.32. The van der Waals surface area contributed by atoms with E-state index < -0.39 is 44.9 Å². The van der Waals surface area contributed by atoms with Gasteiger partial charge in [0, 0.05) is 35.6 Å². The zero-order valence-corrected chi connectivity index (χ0v) is 19.5. The van der Waals surface area contributed by atoms with Crippen LogP contribution in [0.2, 0.25) is 0 Å². The third-order valence-electron chi connectivity index (χ3n) is 9.35. The molecule has 0 radical (unpaired) electrons. The van der Waals surface area contributed by atoms with E-state index in [0.717, 1.165) is 16.3 Å². The summed E-state index contributed by atoms with van der Waals surface area (Å²) in [6.07, 6.45) is 7.87. The molecule has 1 heterocycles. The van der Waals surface area contributed by atoms with Crippen LogP contribution in [-0.4, -0.2) is 65.8 Å². The van der Waals surface area contributed by atoms with Crippen LogP contribution in [-0.2, 0) is 24.4 Å². The third-order valence-corrected chi connectivity index (χ3v) is 10.3. The van der Waals surface area contributed by atoms with Crippen LogP contribution in [0.25, 0.3) is 0 Å². The Labute approximate surface area is 188 Å². The lowest BCUT2D eigenvalue weighted by Gasteiger charge is -2.59. The monoisotopic (exact) mass is 465 g/mol. The molecule has 0 aromatic carbocycles. The summed E-state index contributed by atoms with van der Waals surface area (Å²) in [5, 5.41) is 21.3. The summed E-state index contributed by atoms with van der Waals surface area (Å²) in [4.78, 5) is 31.2. The van der Waals surface area contributed by atoms with E-state index >= 15 is 0 Å². The van der Waals surface area contributed by atoms with Gasteiger partial charge in [-0.25, -0.2) is 8.42 Å². The van der Waals surface area contributed by atoms with Crippen molar-refractivity contribution in [1.29, 1.82) is 0 Å². The Kier molecular flexibility index (Phi) is 4.78. The first-order valence-corrected chi connectivity index (χ1v) is 13.1. The minimum Gasteiger partial charge on any atom is -0.393 e. The molecule has 0 bridgehead atoms. The molecule has 9 heteroatoms. The first-order valence-electron chi connectivity index (χ1n) is 11.3. The van der Waals surface area contributed by atoms with E-state index in [2.05, 4.69) is 13.0 Å². The Morgan fingerprint density at radius 1 is 1.34 bits per heavy atom. The number of ketones is 2. The number of fused-ring (bicyclic) bond motifs is 7. The number of Topliss-reactive ketones (excluding diaryl/α,β-unsaturated/α-hetero) is 1. The van der Waals surface area contributed by atoms with Crippen molar-refractivity contribution in [2.24, 2.45) is 34.5 Å². The van der Waals surface area contributed by atoms with Crippen molar-refractivity contribution >= 4 is 21.6 Å². The van der Waals surface area contributed by atoms with Gasteiger partial charge in [0.05, 0.1) is 12.4 Å². The third kappa shape index (κ3) is 2.66. The highest BCUT2D eigenvalue weighted by Gasteiger charge is 2.75. The molecule has 0 amide bonds. The van der Waals surface area contributed by atoms with Gasteiger partial charge in [0.15, 0.2) is 17.2 Å². The van der Waals surface area contributed by atoms with Gasteiger partial charge in [-0.05, 0) is 37.2 Å². The Morgan fingerprint density at radius 3 is 2.72 bits per heavy atom. The topological polar surface area (TPSA) is 121 Å². The lowest BCUT2D eigenvalue weighted by Crippen LogP contribution is -2.63. The van der Waals surface area contributed by atoms with Gasteiger partial charge < -0.3 is 10.2 Å². The highest BCUT2D eigenvalue weighted by atomic mass is 32.2. The number of rotatable bonds is 3. The van der Waals surface area contributed by atoms with Gasteiger partial charge in [0.2, 0.25) is 10.0 Å². The molecule has 0 spiro atoms. The fourth-order valence-electron chi connectivity index (χ4n) is 8.06. The van der Waals surface area contributed by atoms with Gasteiger partial charge >= 0.3 is 0 Å². The minimum absolute atomic E-state index is 0.0127. The number of aliphatic hydroxyl groups is 2. The number of carbonyl (C=O) groups is 2. The number of allylic oxidation sites excluding steroid dienone is 4. The Bertz CT molecular complexity index is 1050. The normalized spacial score (nSPS) is 48.0. The maximum absolute atomic E-state index is 13.2. The zero-order valence-electron chi connectivity index (χ0n) is 18.7. The van der Waals surface area contributed by atoms with Crippen LogP contribution in [0.1, 0.15) is 39.5 Å². The summed E-state index contributed by atoms with van der Waals surface area (Å²) in [5.41, 5.74) is -1.69. The maximum Gasteiger partial charge on any atom is 0.233 e. The summed E-state index contributed by atoms with van der Waals surface area (Å²) in [6, 6.07) is 0. The van der Waals surface area contributed by atoms with Gasteiger partial charge in [-0.15, -0.1) is 0 Å². The van der Waals surface area contributed by atoms with Crippen molar-refractivity contribution in [3.63, 3.8) is 0 Å². The lowest BCUT2D eigenvalue weighted by molar-refractivity contribution is -0.224. The van der Waals surface area contributed by atoms with Crippen molar-refractivity contribution in [2.45, 2.75) is 51.2 Å². The van der Waals surface area contributed by atoms with Gasteiger partial charge in [-0.1, -0.05) is 36.0 Å². The average molecular weight is 466 g/mol. The van der Waals surface area contributed by atoms with Crippen LogP contribution in [0.3, 0.4) is 0 Å². The fraction of sp³-hybridized carbons (Fsp3) is 0.739. The second-order valence-corrected chi connectivity index (χ2v) is 12.7. The van der Waals surface area contributed by atoms with Gasteiger partial charge in [0.1, 0.15) is 6.61 Å². The van der Waals surface area contributed by atoms with Crippen molar-refractivity contribution in [2.75, 3.05) is 19.4 Å². The summed E-state index contributed by atoms with van der Waals surface area (Å²) < 4.78 is 25.4. The van der Waals surface area contributed by atoms with E-state index in [4.69, 9.17) is 4.84 Å². The lowest BCUT2D eigenvalue weighted by atomic mass is 9.47. The molecule has 3 fully saturated rings. The highest BCUT2D eigenvalue weighted by molar-refractivity contribution is 7.88. The van der Waals surface area contributed by atoms with E-state index in [-0.39, 0.29) is 42.4 Å². The second kappa shape index (κ2) is 6.82. The van der Waals surface area contributed by atoms with Crippen molar-refractivity contribution in [1.82, 2.24) is 4.47 Å². The van der Waals surface area contributed by atoms with Crippen molar-refractivity contribution in [3.8, 4) is 0 Å². The van der Waals surface area contributed by atoms with Crippen LogP contribution in [0, 0.1) is 34.5 Å². The number of hydrogen-bond donors (Lipinski definition) is 2. The predicted molar refractivity (Wildman–Crippen MR) is 114 cm³/mol. The molecule has 0 aromatic rings. The quantitative estimate of drug-likeness (QED) is 0.597. The molecule has 5 rings (SSSR count). The number of nitrogens with zero attached hydrogens (tertiary/aromatic N) is 1. The molecule has 32 heavy (non-hydrogen) atoms. The largest absolute Gasteiger partial charge is 0.393 e. The van der Waals surface area contributed by atoms with Gasteiger partial charge in [0.25, 0.3) is 0 Å². The van der Waals surface area contributed by atoms with E-state index in [1.165, 1.54) is 0 Å². The molecule has 1 aliphatic heterocycles. The van der Waals surface area contributed by atoms with Crippen LogP contribution < -0.4 is 0 Å². The van der Waals surface area contributed by atoms with Gasteiger partial charge in [-0.2, -0.15) is 0 Å². The van der Waals surface area contributed by atoms with E-state index in [9.17, 15) is 28.2 Å². The van der Waals surface area contributed by atoms with Crippen molar-refractivity contribution in [3.05, 3.63) is 23.8 Å². The van der Waals surface area contributed by atoms with Crippen molar-refractivity contribution < 1.29 is 33.1 Å². The molecule has 176 valence electrons. The first kappa shape index (κ1) is 22.4. The minimum atomic E-state index is -3.69. The molecule has 0 aromatic heterocycles. The predicted octanol–water partition coefficient (Wildman–Crippen LogP) is 0.998. The van der Waals surface area contributed by atoms with Gasteiger partial charge in [-0.3, -0.25) is 14.4 Å². The molecular formula is C23H31NO7S. The number of aliphatic hydroxyl groups excluding tert-OH is 2. The Morgan fingerprint density at radius 2 is 2.06 bits per heavy atom. The van der Waals surface area contributed by atoms with Crippen LogP contribution in [0.15, 0.2) is 23.8 Å². The highest BCUT2D eigenvalue weighted by Crippen LogP contribution is 2.70. The molecule has 4 aliphatic carbocycles. The average Bonchev–Trinajstić information content (AvgIpc) is 3.21. The Hall–Kier alpha value is -1.39. The molecule has 5 aliphatic rings. The Balaban J connectivity index is 1.59. The molecule has 8 atom stereocenters. The summed E-state index contributed by atoms with van der Waals surface area (Å²) >= 11 is 0. The first-order chi connectivity index (χ1) is 14.9. The van der Waals surface area contributed by atoms with E-state index in [1.807, 2.05) is 13.0 Å². The molecule has 0 unspecified atom stereocenters. The number of sulfonamides is 1. The smallest absolute Gasteiger partial charge is 0.233 e. The number of hydroxylamine groups is 1. The standard InChI is InChI=1S/C23H31NO7S/c1-21-7-6-15(26)8-13(21)4-5-16-17-9-14-11-24(32(3,29)30)31-23(14,19(28)12-25)22(17,2)10-18(27)20(16)21/h4,6-7,14,16-18,20,25,27H,5,8-12H2,1-3H3/t14-,16-,17-,18-,20+,21-,22-,23-/m0/s1. The molecule has 2 saturated carbocycles. The maximum atomic E-state index is 13.2. The molecular weight excluding hydrogens is 434 g/mol. The zero-order chi connectivity index (χ0) is 23.3. The SMILES string of the molecule is C[C@]12C=CC(=O)CC1=CC[C@@H]1[C@@H]2[C@@H](O)C[C@@]2(C)[C@H]1C[C@H]1CN(S(C)(=O)=O)O[C@]12C(=O)CO. The second-order valence-electron chi connectivity index (χ2n) is 10.8. The van der Waals surface area contributed by atoms with Crippen LogP contribution >= 0.6 is 0 Å². The fourth-order valence-corrected chi connectivity index (χ4v) is 8.76. The number of hydrogen-bond acceptors (Lipinski definition) is 7.